The summed E-state index contributed by atoms with van der Waals surface area (Å²) in [6.45, 7) is 0. The van der Waals surface area contributed by atoms with E-state index in [2.05, 4.69) is 20.4 Å². The van der Waals surface area contributed by atoms with Gasteiger partial charge < -0.3 is 11.1 Å². The Hall–Kier alpha value is -1.69. The van der Waals surface area contributed by atoms with Crippen molar-refractivity contribution < 1.29 is 0 Å². The highest BCUT2D eigenvalue weighted by Crippen LogP contribution is 2.23. The van der Waals surface area contributed by atoms with Gasteiger partial charge in [0.05, 0.1) is 11.6 Å². The third kappa shape index (κ3) is 1.92. The molecule has 2 heterocycles. The molecule has 0 saturated heterocycles. The van der Waals surface area contributed by atoms with E-state index < -0.39 is 0 Å². The van der Waals surface area contributed by atoms with Crippen LogP contribution in [0.1, 0.15) is 25.7 Å². The molecule has 0 spiro atoms. The van der Waals surface area contributed by atoms with Crippen LogP contribution >= 0.6 is 0 Å². The Labute approximate surface area is 106 Å². The van der Waals surface area contributed by atoms with Crippen molar-refractivity contribution in [1.82, 2.24) is 19.7 Å². The maximum atomic E-state index is 6.15. The summed E-state index contributed by atoms with van der Waals surface area (Å²) in [5, 5.41) is 8.63. The number of fused-ring (bicyclic) bond motifs is 1. The number of anilines is 1. The van der Waals surface area contributed by atoms with Crippen molar-refractivity contribution in [3.63, 3.8) is 0 Å². The van der Waals surface area contributed by atoms with Gasteiger partial charge in [-0.1, -0.05) is 12.8 Å². The lowest BCUT2D eigenvalue weighted by atomic mass is 9.91. The Morgan fingerprint density at radius 3 is 3.00 bits per heavy atom. The molecule has 6 nitrogen and oxygen atoms in total. The molecule has 1 saturated carbocycles. The first-order chi connectivity index (χ1) is 8.75. The standard InChI is InChI=1S/C12H18N6/c1-18-12-8(6-16-18)11(14-7-15-12)17-10-5-3-2-4-9(10)13/h6-7,9-10H,2-5,13H2,1H3,(H,14,15,17)/t9-,10-/m1/s1. The molecule has 1 aliphatic carbocycles. The predicted octanol–water partition coefficient (Wildman–Crippen LogP) is 1.05. The van der Waals surface area contributed by atoms with E-state index in [0.717, 1.165) is 29.7 Å². The average Bonchev–Trinajstić information content (AvgIpc) is 2.76. The highest BCUT2D eigenvalue weighted by molar-refractivity contribution is 5.86. The van der Waals surface area contributed by atoms with Gasteiger partial charge in [-0.15, -0.1) is 0 Å². The normalized spacial score (nSPS) is 24.3. The fraction of sp³-hybridized carbons (Fsp3) is 0.583. The summed E-state index contributed by atoms with van der Waals surface area (Å²) in [6, 6.07) is 0.512. The molecule has 2 atom stereocenters. The molecule has 6 heteroatoms. The van der Waals surface area contributed by atoms with Gasteiger partial charge in [0.2, 0.25) is 0 Å². The molecule has 0 aromatic carbocycles. The second-order valence-corrected chi connectivity index (χ2v) is 4.93. The molecule has 0 bridgehead atoms. The van der Waals surface area contributed by atoms with Gasteiger partial charge in [0.15, 0.2) is 5.65 Å². The first-order valence-electron chi connectivity index (χ1n) is 6.40. The molecule has 0 aliphatic heterocycles. The van der Waals surface area contributed by atoms with Crippen LogP contribution in [0, 0.1) is 0 Å². The van der Waals surface area contributed by atoms with Crippen LogP contribution in [0.2, 0.25) is 0 Å². The van der Waals surface area contributed by atoms with Crippen molar-refractivity contribution >= 4 is 16.9 Å². The second-order valence-electron chi connectivity index (χ2n) is 4.93. The van der Waals surface area contributed by atoms with Crippen molar-refractivity contribution in [1.29, 1.82) is 0 Å². The van der Waals surface area contributed by atoms with Gasteiger partial charge in [-0.05, 0) is 12.8 Å². The Morgan fingerprint density at radius 2 is 2.17 bits per heavy atom. The molecule has 1 fully saturated rings. The number of hydrogen-bond donors (Lipinski definition) is 2. The van der Waals surface area contributed by atoms with Crippen LogP contribution in [0.5, 0.6) is 0 Å². The lowest BCUT2D eigenvalue weighted by molar-refractivity contribution is 0.403. The molecular weight excluding hydrogens is 228 g/mol. The minimum absolute atomic E-state index is 0.209. The number of nitrogens with one attached hydrogen (secondary N) is 1. The molecule has 2 aromatic rings. The number of nitrogens with zero attached hydrogens (tertiary/aromatic N) is 4. The lowest BCUT2D eigenvalue weighted by Gasteiger charge is -2.29. The highest BCUT2D eigenvalue weighted by atomic mass is 15.3. The molecule has 1 aliphatic rings. The maximum absolute atomic E-state index is 6.15. The van der Waals surface area contributed by atoms with Gasteiger partial charge in [-0.3, -0.25) is 4.68 Å². The van der Waals surface area contributed by atoms with Crippen LogP contribution in [-0.2, 0) is 7.05 Å². The lowest BCUT2D eigenvalue weighted by Crippen LogP contribution is -2.42. The minimum atomic E-state index is 0.209. The SMILES string of the molecule is Cn1ncc2c(N[C@@H]3CCCC[C@H]3N)ncnc21. The van der Waals surface area contributed by atoms with E-state index in [1.165, 1.54) is 12.8 Å². The summed E-state index contributed by atoms with van der Waals surface area (Å²) in [4.78, 5) is 8.55. The Morgan fingerprint density at radius 1 is 1.33 bits per heavy atom. The third-order valence-electron chi connectivity index (χ3n) is 3.67. The predicted molar refractivity (Wildman–Crippen MR) is 70.2 cm³/mol. The van der Waals surface area contributed by atoms with Crippen molar-refractivity contribution in [3.05, 3.63) is 12.5 Å². The van der Waals surface area contributed by atoms with E-state index in [1.54, 1.807) is 17.2 Å². The van der Waals surface area contributed by atoms with Crippen molar-refractivity contribution in [3.8, 4) is 0 Å². The van der Waals surface area contributed by atoms with Crippen LogP contribution in [-0.4, -0.2) is 31.8 Å². The number of aryl methyl sites for hydroxylation is 1. The monoisotopic (exact) mass is 246 g/mol. The first-order valence-corrected chi connectivity index (χ1v) is 6.40. The minimum Gasteiger partial charge on any atom is -0.365 e. The number of aromatic nitrogens is 4. The molecule has 0 amide bonds. The van der Waals surface area contributed by atoms with E-state index in [-0.39, 0.29) is 6.04 Å². The summed E-state index contributed by atoms with van der Waals surface area (Å²) in [6.07, 6.45) is 8.01. The van der Waals surface area contributed by atoms with E-state index in [0.29, 0.717) is 6.04 Å². The summed E-state index contributed by atoms with van der Waals surface area (Å²) in [7, 11) is 1.88. The van der Waals surface area contributed by atoms with Crippen molar-refractivity contribution in [2.75, 3.05) is 5.32 Å². The summed E-state index contributed by atoms with van der Waals surface area (Å²) >= 11 is 0. The largest absolute Gasteiger partial charge is 0.365 e. The smallest absolute Gasteiger partial charge is 0.163 e. The van der Waals surface area contributed by atoms with Gasteiger partial charge in [0.1, 0.15) is 12.1 Å². The zero-order valence-corrected chi connectivity index (χ0v) is 10.5. The van der Waals surface area contributed by atoms with Crippen molar-refractivity contribution in [2.24, 2.45) is 12.8 Å². The fourth-order valence-corrected chi connectivity index (χ4v) is 2.59. The van der Waals surface area contributed by atoms with Gasteiger partial charge in [0, 0.05) is 19.1 Å². The van der Waals surface area contributed by atoms with Crippen LogP contribution in [0.25, 0.3) is 11.0 Å². The molecule has 2 aromatic heterocycles. The van der Waals surface area contributed by atoms with Crippen LogP contribution < -0.4 is 11.1 Å². The molecule has 3 rings (SSSR count). The molecule has 18 heavy (non-hydrogen) atoms. The quantitative estimate of drug-likeness (QED) is 0.827. The topological polar surface area (TPSA) is 81.7 Å². The summed E-state index contributed by atoms with van der Waals surface area (Å²) < 4.78 is 1.75. The Balaban J connectivity index is 1.90. The number of rotatable bonds is 2. The molecule has 96 valence electrons. The zero-order chi connectivity index (χ0) is 12.5. The summed E-state index contributed by atoms with van der Waals surface area (Å²) in [5.41, 5.74) is 6.99. The van der Waals surface area contributed by atoms with E-state index in [4.69, 9.17) is 5.73 Å². The Kier molecular flexibility index (Phi) is 2.87. The second kappa shape index (κ2) is 4.53. The maximum Gasteiger partial charge on any atom is 0.163 e. The molecule has 3 N–H and O–H groups in total. The van der Waals surface area contributed by atoms with Gasteiger partial charge in [-0.25, -0.2) is 9.97 Å². The third-order valence-corrected chi connectivity index (χ3v) is 3.67. The van der Waals surface area contributed by atoms with Crippen LogP contribution in [0.15, 0.2) is 12.5 Å². The van der Waals surface area contributed by atoms with E-state index in [1.807, 2.05) is 7.05 Å². The van der Waals surface area contributed by atoms with Gasteiger partial charge in [-0.2, -0.15) is 5.10 Å². The Bertz CT molecular complexity index is 548. The molecule has 0 radical (unpaired) electrons. The highest BCUT2D eigenvalue weighted by Gasteiger charge is 2.22. The number of hydrogen-bond acceptors (Lipinski definition) is 5. The van der Waals surface area contributed by atoms with E-state index in [9.17, 15) is 0 Å². The van der Waals surface area contributed by atoms with Gasteiger partial charge in [0.25, 0.3) is 0 Å². The fourth-order valence-electron chi connectivity index (χ4n) is 2.59. The molecular formula is C12H18N6. The van der Waals surface area contributed by atoms with E-state index >= 15 is 0 Å². The van der Waals surface area contributed by atoms with Gasteiger partial charge >= 0.3 is 0 Å². The first kappa shape index (κ1) is 11.4. The van der Waals surface area contributed by atoms with Crippen molar-refractivity contribution in [2.45, 2.75) is 37.8 Å². The number of nitrogens with two attached hydrogens (primary N) is 1. The van der Waals surface area contributed by atoms with Crippen LogP contribution in [0.4, 0.5) is 5.82 Å². The molecule has 0 unspecified atom stereocenters. The average molecular weight is 246 g/mol. The van der Waals surface area contributed by atoms with Crippen LogP contribution in [0.3, 0.4) is 0 Å². The summed E-state index contributed by atoms with van der Waals surface area (Å²) in [5.74, 6) is 0.843. The zero-order valence-electron chi connectivity index (χ0n) is 10.5.